The molecule has 0 saturated heterocycles. The fraction of sp³-hybridized carbons (Fsp3) is 0.136. The number of allylic oxidation sites excluding steroid dienone is 1. The predicted molar refractivity (Wildman–Crippen MR) is 119 cm³/mol. The van der Waals surface area contributed by atoms with Crippen LogP contribution in [0.15, 0.2) is 72.5 Å². The number of nitrogens with zero attached hydrogens (tertiary/aromatic N) is 4. The van der Waals surface area contributed by atoms with Crippen LogP contribution in [0.5, 0.6) is 5.75 Å². The molecule has 0 aliphatic rings. The largest absolute Gasteiger partial charge is 0.497 e. The van der Waals surface area contributed by atoms with Crippen LogP contribution < -0.4 is 4.74 Å². The van der Waals surface area contributed by atoms with E-state index in [9.17, 15) is 0 Å². The predicted octanol–water partition coefficient (Wildman–Crippen LogP) is 5.63. The molecule has 4 rings (SSSR count). The first-order valence-corrected chi connectivity index (χ1v) is 10.4. The van der Waals surface area contributed by atoms with Gasteiger partial charge in [0.25, 0.3) is 0 Å². The number of rotatable bonds is 7. The normalized spacial score (nSPS) is 11.0. The monoisotopic (exact) mass is 422 g/mol. The average Bonchev–Trinajstić information content (AvgIpc) is 3.16. The van der Waals surface area contributed by atoms with Gasteiger partial charge in [0.05, 0.1) is 12.6 Å². The van der Waals surface area contributed by atoms with Gasteiger partial charge >= 0.3 is 0 Å². The van der Waals surface area contributed by atoms with Gasteiger partial charge in [-0.15, -0.1) is 16.8 Å². The molecule has 0 saturated carbocycles. The Balaban J connectivity index is 1.63. The maximum atomic E-state index is 6.31. The average molecular weight is 423 g/mol. The van der Waals surface area contributed by atoms with Crippen molar-refractivity contribution in [2.75, 3.05) is 7.11 Å². The van der Waals surface area contributed by atoms with Crippen LogP contribution in [0.25, 0.3) is 22.3 Å². The second-order valence-electron chi connectivity index (χ2n) is 6.33. The van der Waals surface area contributed by atoms with Crippen LogP contribution in [0.3, 0.4) is 0 Å². The second kappa shape index (κ2) is 8.68. The van der Waals surface area contributed by atoms with Crippen LogP contribution in [0.1, 0.15) is 5.56 Å². The summed E-state index contributed by atoms with van der Waals surface area (Å²) in [6.07, 6.45) is 3.63. The Kier molecular flexibility index (Phi) is 5.83. The lowest BCUT2D eigenvalue weighted by Crippen LogP contribution is -2.01. The van der Waals surface area contributed by atoms with Crippen molar-refractivity contribution in [3.8, 4) is 17.1 Å². The highest BCUT2D eigenvalue weighted by atomic mass is 35.5. The van der Waals surface area contributed by atoms with E-state index in [1.54, 1.807) is 25.1 Å². The molecule has 0 radical (unpaired) electrons. The third-order valence-electron chi connectivity index (χ3n) is 4.53. The van der Waals surface area contributed by atoms with E-state index in [1.165, 1.54) is 0 Å². The molecule has 0 unspecified atom stereocenters. The number of fused-ring (bicyclic) bond motifs is 1. The number of halogens is 1. The molecule has 2 aromatic heterocycles. The molecule has 29 heavy (non-hydrogen) atoms. The number of aromatic nitrogens is 4. The highest BCUT2D eigenvalue weighted by Gasteiger charge is 2.15. The van der Waals surface area contributed by atoms with Crippen molar-refractivity contribution < 1.29 is 4.74 Å². The van der Waals surface area contributed by atoms with Gasteiger partial charge in [-0.05, 0) is 48.0 Å². The van der Waals surface area contributed by atoms with E-state index in [0.717, 1.165) is 38.8 Å². The van der Waals surface area contributed by atoms with Crippen molar-refractivity contribution in [3.63, 3.8) is 0 Å². The number of methoxy groups -OCH3 is 1. The third kappa shape index (κ3) is 3.99. The topological polar surface area (TPSA) is 52.8 Å². The SMILES string of the molecule is C=CCn1c(SCc2ccc(Cl)c3cccnc23)nnc1-c1ccc(OC)cc1. The summed E-state index contributed by atoms with van der Waals surface area (Å²) in [5, 5.41) is 11.3. The molecule has 2 aromatic carbocycles. The molecular formula is C22H19ClN4OS. The number of benzene rings is 2. The zero-order valence-corrected chi connectivity index (χ0v) is 17.5. The van der Waals surface area contributed by atoms with Gasteiger partial charge in [-0.2, -0.15) is 0 Å². The zero-order chi connectivity index (χ0) is 20.2. The summed E-state index contributed by atoms with van der Waals surface area (Å²) in [7, 11) is 1.65. The number of hydrogen-bond donors (Lipinski definition) is 0. The van der Waals surface area contributed by atoms with E-state index in [2.05, 4.69) is 26.3 Å². The minimum atomic E-state index is 0.621. The molecule has 0 N–H and O–H groups in total. The van der Waals surface area contributed by atoms with Crippen molar-refractivity contribution in [3.05, 3.63) is 78.0 Å². The van der Waals surface area contributed by atoms with E-state index in [-0.39, 0.29) is 0 Å². The fourth-order valence-corrected chi connectivity index (χ4v) is 4.25. The first-order valence-electron chi connectivity index (χ1n) is 9.04. The van der Waals surface area contributed by atoms with Crippen LogP contribution in [0.4, 0.5) is 0 Å². The lowest BCUT2D eigenvalue weighted by molar-refractivity contribution is 0.415. The Morgan fingerprint density at radius 1 is 1.14 bits per heavy atom. The van der Waals surface area contributed by atoms with Crippen molar-refractivity contribution in [2.24, 2.45) is 0 Å². The molecule has 0 atom stereocenters. The van der Waals surface area contributed by atoms with Crippen LogP contribution in [-0.2, 0) is 12.3 Å². The molecule has 5 nitrogen and oxygen atoms in total. The van der Waals surface area contributed by atoms with E-state index >= 15 is 0 Å². The highest BCUT2D eigenvalue weighted by molar-refractivity contribution is 7.98. The Morgan fingerprint density at radius 2 is 1.97 bits per heavy atom. The van der Waals surface area contributed by atoms with Gasteiger partial charge in [0.1, 0.15) is 5.75 Å². The second-order valence-corrected chi connectivity index (χ2v) is 7.68. The molecular weight excluding hydrogens is 404 g/mol. The van der Waals surface area contributed by atoms with Crippen LogP contribution in [-0.4, -0.2) is 26.9 Å². The molecule has 0 aliphatic carbocycles. The molecule has 146 valence electrons. The molecule has 2 heterocycles. The maximum Gasteiger partial charge on any atom is 0.192 e. The van der Waals surface area contributed by atoms with Crippen molar-refractivity contribution in [1.82, 2.24) is 19.7 Å². The molecule has 0 spiro atoms. The van der Waals surface area contributed by atoms with Gasteiger partial charge < -0.3 is 4.74 Å². The fourth-order valence-electron chi connectivity index (χ4n) is 3.10. The van der Waals surface area contributed by atoms with Crippen LogP contribution in [0.2, 0.25) is 5.02 Å². The van der Waals surface area contributed by atoms with Gasteiger partial charge in [-0.25, -0.2) is 0 Å². The number of thioether (sulfide) groups is 1. The third-order valence-corrected chi connectivity index (χ3v) is 5.88. The van der Waals surface area contributed by atoms with Crippen LogP contribution in [0, 0.1) is 0 Å². The molecule has 0 amide bonds. The molecule has 0 fully saturated rings. The summed E-state index contributed by atoms with van der Waals surface area (Å²) in [4.78, 5) is 4.51. The van der Waals surface area contributed by atoms with Gasteiger partial charge in [0.2, 0.25) is 0 Å². The summed E-state index contributed by atoms with van der Waals surface area (Å²) < 4.78 is 7.30. The minimum Gasteiger partial charge on any atom is -0.497 e. The first kappa shape index (κ1) is 19.5. The smallest absolute Gasteiger partial charge is 0.192 e. The Morgan fingerprint density at radius 3 is 2.72 bits per heavy atom. The van der Waals surface area contributed by atoms with Crippen molar-refractivity contribution in [2.45, 2.75) is 17.5 Å². The summed E-state index contributed by atoms with van der Waals surface area (Å²) in [5.41, 5.74) is 3.00. The summed E-state index contributed by atoms with van der Waals surface area (Å²) in [5.74, 6) is 2.32. The minimum absolute atomic E-state index is 0.621. The standard InChI is InChI=1S/C22H19ClN4OS/c1-3-13-27-21(15-6-9-17(28-2)10-7-15)25-26-22(27)29-14-16-8-11-19(23)18-5-4-12-24-20(16)18/h3-12H,1,13-14H2,2H3. The quantitative estimate of drug-likeness (QED) is 0.285. The van der Waals surface area contributed by atoms with Gasteiger partial charge in [-0.1, -0.05) is 35.5 Å². The molecule has 4 aromatic rings. The van der Waals surface area contributed by atoms with Crippen molar-refractivity contribution in [1.29, 1.82) is 0 Å². The van der Waals surface area contributed by atoms with E-state index in [0.29, 0.717) is 17.3 Å². The van der Waals surface area contributed by atoms with E-state index in [4.69, 9.17) is 16.3 Å². The van der Waals surface area contributed by atoms with Gasteiger partial charge in [0.15, 0.2) is 11.0 Å². The number of hydrogen-bond acceptors (Lipinski definition) is 5. The highest BCUT2D eigenvalue weighted by Crippen LogP contribution is 2.31. The summed E-state index contributed by atoms with van der Waals surface area (Å²) >= 11 is 7.93. The van der Waals surface area contributed by atoms with Crippen molar-refractivity contribution >= 4 is 34.3 Å². The van der Waals surface area contributed by atoms with E-state index in [1.807, 2.05) is 54.6 Å². The molecule has 0 bridgehead atoms. The number of ether oxygens (including phenoxy) is 1. The first-order chi connectivity index (χ1) is 14.2. The maximum absolute atomic E-state index is 6.31. The van der Waals surface area contributed by atoms with E-state index < -0.39 is 0 Å². The Hall–Kier alpha value is -2.83. The van der Waals surface area contributed by atoms with Gasteiger partial charge in [0, 0.05) is 34.5 Å². The van der Waals surface area contributed by atoms with Crippen LogP contribution >= 0.6 is 23.4 Å². The summed E-state index contributed by atoms with van der Waals surface area (Å²) in [6, 6.07) is 15.6. The Labute approximate surface area is 178 Å². The Bertz CT molecular complexity index is 1160. The lowest BCUT2D eigenvalue weighted by atomic mass is 10.1. The molecule has 0 aliphatic heterocycles. The lowest BCUT2D eigenvalue weighted by Gasteiger charge is -2.09. The number of pyridine rings is 1. The summed E-state index contributed by atoms with van der Waals surface area (Å²) in [6.45, 7) is 4.50. The zero-order valence-electron chi connectivity index (χ0n) is 15.9. The molecule has 7 heteroatoms. The van der Waals surface area contributed by atoms with Gasteiger partial charge in [-0.3, -0.25) is 9.55 Å².